The van der Waals surface area contributed by atoms with Crippen LogP contribution in [0.25, 0.3) is 10.2 Å². The van der Waals surface area contributed by atoms with Crippen molar-refractivity contribution in [2.75, 3.05) is 13.1 Å². The third kappa shape index (κ3) is 6.76. The summed E-state index contributed by atoms with van der Waals surface area (Å²) < 4.78 is 42.5. The number of carbonyl (C=O) groups is 1. The number of carbonyl (C=O) groups excluding carboxylic acids is 1. The van der Waals surface area contributed by atoms with Gasteiger partial charge in [-0.15, -0.1) is 11.3 Å². The maximum absolute atomic E-state index is 14.0. The van der Waals surface area contributed by atoms with Crippen LogP contribution in [-0.4, -0.2) is 70.4 Å². The first-order valence-corrected chi connectivity index (χ1v) is 15.7. The molecule has 4 rings (SSSR count). The van der Waals surface area contributed by atoms with E-state index in [4.69, 9.17) is 9.47 Å². The summed E-state index contributed by atoms with van der Waals surface area (Å²) >= 11 is 1.39. The number of nitrogens with zero attached hydrogens (tertiary/aromatic N) is 3. The van der Waals surface area contributed by atoms with Crippen molar-refractivity contribution in [2.45, 2.75) is 83.3 Å². The van der Waals surface area contributed by atoms with Crippen molar-refractivity contribution in [3.05, 3.63) is 53.5 Å². The normalized spacial score (nSPS) is 19.6. The maximum Gasteiger partial charge on any atom is 0.412 e. The highest BCUT2D eigenvalue weighted by molar-refractivity contribution is 7.89. The lowest BCUT2D eigenvalue weighted by Crippen LogP contribution is -2.52. The second-order valence-corrected chi connectivity index (χ2v) is 14.9. The van der Waals surface area contributed by atoms with E-state index in [1.807, 2.05) is 13.8 Å². The SMILES string of the molecule is CC(C)CN(C[C@H]1OC(C)(C)N(C(=O)OC(C)(C)C)[C@H]1Cc1ccc(O)cc1)S(=O)(=O)c1ccc2ncsc2c1. The number of phenolic OH excluding ortho intramolecular Hbond substituents is 1. The molecule has 2 aromatic carbocycles. The second kappa shape index (κ2) is 11.3. The van der Waals surface area contributed by atoms with Crippen molar-refractivity contribution in [1.29, 1.82) is 0 Å². The van der Waals surface area contributed by atoms with Crippen LogP contribution in [0.3, 0.4) is 0 Å². The minimum Gasteiger partial charge on any atom is -0.508 e. The zero-order valence-corrected chi connectivity index (χ0v) is 25.8. The van der Waals surface area contributed by atoms with Gasteiger partial charge in [0.05, 0.1) is 32.8 Å². The third-order valence-corrected chi connectivity index (χ3v) is 9.26. The largest absolute Gasteiger partial charge is 0.508 e. The van der Waals surface area contributed by atoms with Gasteiger partial charge >= 0.3 is 6.09 Å². The molecule has 0 spiro atoms. The van der Waals surface area contributed by atoms with Crippen molar-refractivity contribution in [2.24, 2.45) is 5.92 Å². The number of hydrogen-bond acceptors (Lipinski definition) is 8. The molecule has 218 valence electrons. The Balaban J connectivity index is 1.72. The molecule has 0 bridgehead atoms. The van der Waals surface area contributed by atoms with Crippen LogP contribution in [0.2, 0.25) is 0 Å². The molecule has 1 aliphatic rings. The standard InChI is InChI=1S/C29H39N3O6S2/c1-19(2)16-31(40(35,36)22-12-13-23-26(15-22)39-18-30-23)17-25-24(14-20-8-10-21(33)11-9-20)32(29(6,7)37-25)27(34)38-28(3,4)5/h8-13,15,18-19,24-25,33H,14,16-17H2,1-7H3/t24-,25+/m0/s1. The van der Waals surface area contributed by atoms with Crippen LogP contribution in [0.4, 0.5) is 4.79 Å². The van der Waals surface area contributed by atoms with Crippen LogP contribution in [0, 0.1) is 5.92 Å². The smallest absolute Gasteiger partial charge is 0.412 e. The van der Waals surface area contributed by atoms with E-state index in [1.54, 1.807) is 87.5 Å². The van der Waals surface area contributed by atoms with Gasteiger partial charge in [-0.25, -0.2) is 18.2 Å². The van der Waals surface area contributed by atoms with Gasteiger partial charge in [0.25, 0.3) is 0 Å². The molecule has 0 aliphatic carbocycles. The Morgan fingerprint density at radius 1 is 1.20 bits per heavy atom. The van der Waals surface area contributed by atoms with Gasteiger partial charge < -0.3 is 14.6 Å². The van der Waals surface area contributed by atoms with E-state index in [1.165, 1.54) is 15.6 Å². The minimum atomic E-state index is -3.89. The summed E-state index contributed by atoms with van der Waals surface area (Å²) in [5, 5.41) is 9.79. The van der Waals surface area contributed by atoms with Gasteiger partial charge in [-0.3, -0.25) is 4.90 Å². The number of aromatic hydroxyl groups is 1. The lowest BCUT2D eigenvalue weighted by molar-refractivity contribution is -0.0806. The van der Waals surface area contributed by atoms with E-state index in [0.29, 0.717) is 6.42 Å². The molecule has 9 nitrogen and oxygen atoms in total. The fourth-order valence-electron chi connectivity index (χ4n) is 5.02. The molecule has 1 aromatic heterocycles. The Kier molecular flexibility index (Phi) is 8.52. The van der Waals surface area contributed by atoms with Gasteiger partial charge in [0.2, 0.25) is 10.0 Å². The van der Waals surface area contributed by atoms with Crippen LogP contribution in [0.5, 0.6) is 5.75 Å². The third-order valence-electron chi connectivity index (χ3n) is 6.64. The molecule has 2 atom stereocenters. The average Bonchev–Trinajstić information content (AvgIpc) is 3.39. The average molecular weight is 590 g/mol. The van der Waals surface area contributed by atoms with E-state index in [9.17, 15) is 18.3 Å². The molecule has 0 radical (unpaired) electrons. The first kappa shape index (κ1) is 30.2. The molecule has 1 saturated heterocycles. The molecule has 11 heteroatoms. The van der Waals surface area contributed by atoms with Crippen molar-refractivity contribution >= 4 is 37.7 Å². The van der Waals surface area contributed by atoms with Crippen LogP contribution in [0.1, 0.15) is 54.0 Å². The molecule has 0 saturated carbocycles. The lowest BCUT2D eigenvalue weighted by atomic mass is 9.99. The number of aromatic nitrogens is 1. The Morgan fingerprint density at radius 2 is 1.88 bits per heavy atom. The summed E-state index contributed by atoms with van der Waals surface area (Å²) in [5.41, 5.74) is 1.54. The fraction of sp³-hybridized carbons (Fsp3) is 0.517. The zero-order chi connectivity index (χ0) is 29.5. The van der Waals surface area contributed by atoms with Gasteiger partial charge in [0, 0.05) is 13.1 Å². The highest BCUT2D eigenvalue weighted by atomic mass is 32.2. The fourth-order valence-corrected chi connectivity index (χ4v) is 7.45. The molecular formula is C29H39N3O6S2. The number of phenols is 1. The van der Waals surface area contributed by atoms with Crippen molar-refractivity contribution in [3.63, 3.8) is 0 Å². The number of ether oxygens (including phenoxy) is 2. The number of benzene rings is 2. The summed E-state index contributed by atoms with van der Waals surface area (Å²) in [6, 6.07) is 11.2. The summed E-state index contributed by atoms with van der Waals surface area (Å²) in [6.45, 7) is 13.3. The molecule has 1 fully saturated rings. The predicted octanol–water partition coefficient (Wildman–Crippen LogP) is 5.63. The molecule has 0 unspecified atom stereocenters. The Hall–Kier alpha value is -2.73. The van der Waals surface area contributed by atoms with E-state index < -0.39 is 39.6 Å². The topological polar surface area (TPSA) is 109 Å². The summed E-state index contributed by atoms with van der Waals surface area (Å²) in [4.78, 5) is 19.5. The molecular weight excluding hydrogens is 550 g/mol. The van der Waals surface area contributed by atoms with Crippen molar-refractivity contribution in [3.8, 4) is 5.75 Å². The Morgan fingerprint density at radius 3 is 2.50 bits per heavy atom. The van der Waals surface area contributed by atoms with E-state index >= 15 is 0 Å². The van der Waals surface area contributed by atoms with E-state index in [2.05, 4.69) is 4.98 Å². The minimum absolute atomic E-state index is 0.0483. The van der Waals surface area contributed by atoms with Crippen LogP contribution in [-0.2, 0) is 25.9 Å². The molecule has 1 aliphatic heterocycles. The van der Waals surface area contributed by atoms with Gasteiger partial charge in [-0.05, 0) is 82.9 Å². The summed E-state index contributed by atoms with van der Waals surface area (Å²) in [5.74, 6) is 0.188. The van der Waals surface area contributed by atoms with Crippen LogP contribution in [0.15, 0.2) is 52.9 Å². The van der Waals surface area contributed by atoms with Gasteiger partial charge in [-0.2, -0.15) is 4.31 Å². The summed E-state index contributed by atoms with van der Waals surface area (Å²) in [6.07, 6.45) is -0.787. The van der Waals surface area contributed by atoms with Gasteiger partial charge in [0.1, 0.15) is 17.1 Å². The highest BCUT2D eigenvalue weighted by Gasteiger charge is 2.52. The summed E-state index contributed by atoms with van der Waals surface area (Å²) in [7, 11) is -3.89. The van der Waals surface area contributed by atoms with Crippen LogP contribution >= 0.6 is 11.3 Å². The van der Waals surface area contributed by atoms with Gasteiger partial charge in [0.15, 0.2) is 0 Å². The predicted molar refractivity (Wildman–Crippen MR) is 156 cm³/mol. The Labute approximate surface area is 240 Å². The number of sulfonamides is 1. The first-order valence-electron chi connectivity index (χ1n) is 13.4. The van der Waals surface area contributed by atoms with E-state index in [0.717, 1.165) is 15.8 Å². The number of thiazole rings is 1. The lowest BCUT2D eigenvalue weighted by Gasteiger charge is -2.35. The molecule has 2 heterocycles. The monoisotopic (exact) mass is 589 g/mol. The second-order valence-electron chi connectivity index (χ2n) is 12.1. The van der Waals surface area contributed by atoms with E-state index in [-0.39, 0.29) is 29.7 Å². The number of hydrogen-bond donors (Lipinski definition) is 1. The Bertz CT molecular complexity index is 1440. The zero-order valence-electron chi connectivity index (χ0n) is 24.1. The highest BCUT2D eigenvalue weighted by Crippen LogP contribution is 2.37. The molecule has 3 aromatic rings. The number of rotatable bonds is 8. The molecule has 40 heavy (non-hydrogen) atoms. The molecule has 1 amide bonds. The quantitative estimate of drug-likeness (QED) is 0.363. The van der Waals surface area contributed by atoms with Gasteiger partial charge in [-0.1, -0.05) is 26.0 Å². The van der Waals surface area contributed by atoms with Crippen molar-refractivity contribution < 1.29 is 27.8 Å². The van der Waals surface area contributed by atoms with Crippen LogP contribution < -0.4 is 0 Å². The van der Waals surface area contributed by atoms with Crippen molar-refractivity contribution in [1.82, 2.24) is 14.2 Å². The number of fused-ring (bicyclic) bond motifs is 1. The number of amides is 1. The molecule has 1 N–H and O–H groups in total. The first-order chi connectivity index (χ1) is 18.6. The maximum atomic E-state index is 14.0.